The molecule has 0 aromatic heterocycles. The summed E-state index contributed by atoms with van der Waals surface area (Å²) in [5.41, 5.74) is 1.68. The Kier molecular flexibility index (Phi) is 9.99. The summed E-state index contributed by atoms with van der Waals surface area (Å²) in [6, 6.07) is 25.8. The van der Waals surface area contributed by atoms with Gasteiger partial charge in [-0.15, -0.1) is 0 Å². The van der Waals surface area contributed by atoms with Crippen LogP contribution in [-0.2, 0) is 0 Å². The fourth-order valence-corrected chi connectivity index (χ4v) is 5.23. The van der Waals surface area contributed by atoms with Crippen molar-refractivity contribution in [3.63, 3.8) is 0 Å². The van der Waals surface area contributed by atoms with E-state index in [2.05, 4.69) is 47.9 Å². The van der Waals surface area contributed by atoms with Crippen molar-refractivity contribution in [2.24, 2.45) is 0 Å². The van der Waals surface area contributed by atoms with Gasteiger partial charge in [-0.25, -0.2) is 0 Å². The van der Waals surface area contributed by atoms with Gasteiger partial charge in [0.1, 0.15) is 5.75 Å². The van der Waals surface area contributed by atoms with Gasteiger partial charge >= 0.3 is 5.51 Å². The lowest BCUT2D eigenvalue weighted by atomic mass is 9.87. The van der Waals surface area contributed by atoms with Crippen LogP contribution in [0.5, 0.6) is 5.75 Å². The molecule has 4 rings (SSSR count). The Balaban J connectivity index is 1.70. The third-order valence-electron chi connectivity index (χ3n) is 6.95. The summed E-state index contributed by atoms with van der Waals surface area (Å²) in [4.78, 5) is 4.89. The molecule has 1 heterocycles. The fourth-order valence-electron chi connectivity index (χ4n) is 4.93. The van der Waals surface area contributed by atoms with E-state index in [1.807, 2.05) is 30.3 Å². The Morgan fingerprint density at radius 1 is 0.846 bits per heavy atom. The van der Waals surface area contributed by atoms with E-state index in [0.29, 0.717) is 18.9 Å². The van der Waals surface area contributed by atoms with Gasteiger partial charge in [-0.3, -0.25) is 4.90 Å². The predicted molar refractivity (Wildman–Crippen MR) is 155 cm³/mol. The summed E-state index contributed by atoms with van der Waals surface area (Å²) < 4.78 is 42.7. The second kappa shape index (κ2) is 13.4. The van der Waals surface area contributed by atoms with Crippen molar-refractivity contribution in [2.75, 3.05) is 37.7 Å². The number of halogens is 3. The second-order valence-electron chi connectivity index (χ2n) is 9.85. The van der Waals surface area contributed by atoms with Crippen molar-refractivity contribution >= 4 is 28.9 Å². The molecule has 1 saturated heterocycles. The topological polar surface area (TPSA) is 35.9 Å². The van der Waals surface area contributed by atoms with Gasteiger partial charge in [0, 0.05) is 44.5 Å². The van der Waals surface area contributed by atoms with Crippen LogP contribution in [0.2, 0.25) is 0 Å². The highest BCUT2D eigenvalue weighted by Gasteiger charge is 2.31. The van der Waals surface area contributed by atoms with Crippen molar-refractivity contribution in [1.29, 1.82) is 0 Å². The van der Waals surface area contributed by atoms with E-state index in [4.69, 9.17) is 4.18 Å². The highest BCUT2D eigenvalue weighted by Crippen LogP contribution is 2.38. The molecule has 3 aromatic carbocycles. The zero-order valence-corrected chi connectivity index (χ0v) is 23.1. The van der Waals surface area contributed by atoms with Crippen molar-refractivity contribution in [3.05, 3.63) is 95.6 Å². The molecule has 1 fully saturated rings. The van der Waals surface area contributed by atoms with Gasteiger partial charge < -0.3 is 14.2 Å². The van der Waals surface area contributed by atoms with Crippen molar-refractivity contribution in [2.45, 2.75) is 38.2 Å². The van der Waals surface area contributed by atoms with Crippen LogP contribution < -0.4 is 9.08 Å². The zero-order valence-electron chi connectivity index (χ0n) is 22.3. The molecule has 39 heavy (non-hydrogen) atoms. The quantitative estimate of drug-likeness (QED) is 0.207. The number of aliphatic hydroxyl groups is 1. The summed E-state index contributed by atoms with van der Waals surface area (Å²) in [6.45, 7) is 8.54. The molecular weight excluding hydrogens is 521 g/mol. The molecule has 208 valence electrons. The lowest BCUT2D eigenvalue weighted by Gasteiger charge is -2.38. The van der Waals surface area contributed by atoms with Gasteiger partial charge in [-0.2, -0.15) is 13.2 Å². The van der Waals surface area contributed by atoms with Gasteiger partial charge in [0.25, 0.3) is 0 Å². The van der Waals surface area contributed by atoms with Crippen LogP contribution in [0, 0.1) is 0 Å². The SMILES string of the molecule is CC(C)N1CCN(c2ccc(/C(=C(/CCCO)c3ccccc3)c3ccc(OSC(F)(F)F)cc3)cc2)CC1. The number of hydrogen-bond acceptors (Lipinski definition) is 5. The largest absolute Gasteiger partial charge is 0.479 e. The number of aliphatic hydroxyl groups excluding tert-OH is 1. The molecule has 0 saturated carbocycles. The van der Waals surface area contributed by atoms with Crippen molar-refractivity contribution in [1.82, 2.24) is 4.90 Å². The van der Waals surface area contributed by atoms with Crippen LogP contribution in [0.1, 0.15) is 43.4 Å². The van der Waals surface area contributed by atoms with Gasteiger partial charge in [-0.1, -0.05) is 54.6 Å². The Morgan fingerprint density at radius 2 is 1.44 bits per heavy atom. The highest BCUT2D eigenvalue weighted by molar-refractivity contribution is 7.95. The molecule has 0 aliphatic carbocycles. The molecule has 0 bridgehead atoms. The van der Waals surface area contributed by atoms with E-state index in [-0.39, 0.29) is 12.4 Å². The fraction of sp³-hybridized carbons (Fsp3) is 0.355. The maximum Gasteiger partial charge on any atom is 0.479 e. The highest BCUT2D eigenvalue weighted by atomic mass is 32.2. The van der Waals surface area contributed by atoms with E-state index in [0.717, 1.165) is 54.0 Å². The smallest absolute Gasteiger partial charge is 0.417 e. The van der Waals surface area contributed by atoms with Crippen LogP contribution in [0.4, 0.5) is 18.9 Å². The summed E-state index contributed by atoms with van der Waals surface area (Å²) in [5, 5.41) is 9.64. The monoisotopic (exact) mass is 556 g/mol. The number of benzene rings is 3. The summed E-state index contributed by atoms with van der Waals surface area (Å²) in [6.07, 6.45) is 1.24. The summed E-state index contributed by atoms with van der Waals surface area (Å²) in [7, 11) is 0. The van der Waals surface area contributed by atoms with Crippen LogP contribution >= 0.6 is 12.0 Å². The third kappa shape index (κ3) is 8.03. The molecule has 0 spiro atoms. The molecule has 0 amide bonds. The van der Waals surface area contributed by atoms with E-state index >= 15 is 0 Å². The minimum absolute atomic E-state index is 0.0619. The predicted octanol–water partition coefficient (Wildman–Crippen LogP) is 7.50. The number of nitrogens with zero attached hydrogens (tertiary/aromatic N) is 2. The standard InChI is InChI=1S/C31H35F3N2O2S/c1-23(2)35-18-20-36(21-19-35)27-14-10-25(11-15-27)30(29(9-6-22-37)24-7-4-3-5-8-24)26-12-16-28(17-13-26)38-39-31(32,33)34/h3-5,7-8,10-17,23,37H,6,9,18-22H2,1-2H3/b30-29+. The molecule has 1 aliphatic heterocycles. The van der Waals surface area contributed by atoms with Gasteiger partial charge in [0.05, 0.1) is 0 Å². The average molecular weight is 557 g/mol. The van der Waals surface area contributed by atoms with Crippen LogP contribution in [-0.4, -0.2) is 54.3 Å². The molecule has 0 atom stereocenters. The Morgan fingerprint density at radius 3 is 1.97 bits per heavy atom. The average Bonchev–Trinajstić information content (AvgIpc) is 2.95. The molecule has 8 heteroatoms. The van der Waals surface area contributed by atoms with Gasteiger partial charge in [-0.05, 0) is 78.8 Å². The first-order valence-corrected chi connectivity index (χ1v) is 14.0. The number of piperazine rings is 1. The zero-order chi connectivity index (χ0) is 27.8. The Hall–Kier alpha value is -2.94. The number of allylic oxidation sites excluding steroid dienone is 1. The minimum atomic E-state index is -4.47. The molecule has 1 N–H and O–H groups in total. The normalized spacial score (nSPS) is 15.4. The van der Waals surface area contributed by atoms with E-state index in [1.165, 1.54) is 5.69 Å². The van der Waals surface area contributed by atoms with Crippen LogP contribution in [0.15, 0.2) is 78.9 Å². The number of hydrogen-bond donors (Lipinski definition) is 1. The van der Waals surface area contributed by atoms with Gasteiger partial charge in [0.15, 0.2) is 12.0 Å². The molecule has 0 unspecified atom stereocenters. The molecule has 3 aromatic rings. The van der Waals surface area contributed by atoms with Crippen molar-refractivity contribution in [3.8, 4) is 5.75 Å². The lowest BCUT2D eigenvalue weighted by Crippen LogP contribution is -2.48. The summed E-state index contributed by atoms with van der Waals surface area (Å²) >= 11 is -0.519. The second-order valence-corrected chi connectivity index (χ2v) is 10.6. The molecule has 0 radical (unpaired) electrons. The number of anilines is 1. The van der Waals surface area contributed by atoms with Crippen molar-refractivity contribution < 1.29 is 22.5 Å². The van der Waals surface area contributed by atoms with Gasteiger partial charge in [0.2, 0.25) is 0 Å². The molecule has 1 aliphatic rings. The van der Waals surface area contributed by atoms with Crippen LogP contribution in [0.25, 0.3) is 11.1 Å². The maximum atomic E-state index is 12.6. The minimum Gasteiger partial charge on any atom is -0.417 e. The summed E-state index contributed by atoms with van der Waals surface area (Å²) in [5.74, 6) is 0.132. The Labute approximate surface area is 233 Å². The van der Waals surface area contributed by atoms with E-state index < -0.39 is 17.6 Å². The maximum absolute atomic E-state index is 12.6. The third-order valence-corrected chi connectivity index (χ3v) is 7.41. The first kappa shape index (κ1) is 29.1. The lowest BCUT2D eigenvalue weighted by molar-refractivity contribution is -0.0369. The van der Waals surface area contributed by atoms with E-state index in [9.17, 15) is 18.3 Å². The van der Waals surface area contributed by atoms with Crippen LogP contribution in [0.3, 0.4) is 0 Å². The first-order chi connectivity index (χ1) is 18.7. The van der Waals surface area contributed by atoms with E-state index in [1.54, 1.807) is 24.3 Å². The number of rotatable bonds is 10. The molecule has 4 nitrogen and oxygen atoms in total. The number of alkyl halides is 3. The first-order valence-electron chi connectivity index (χ1n) is 13.3. The Bertz CT molecular complexity index is 1210. The molecular formula is C31H35F3N2O2S.